The predicted molar refractivity (Wildman–Crippen MR) is 152 cm³/mol. The molecule has 0 aromatic heterocycles. The fourth-order valence-corrected chi connectivity index (χ4v) is 10.9. The molecule has 3 rings (SSSR count). The number of hydrogen-bond donors (Lipinski definition) is 1. The van der Waals surface area contributed by atoms with E-state index in [1.54, 1.807) is 4.35 Å². The number of carbonyl (C=O) groups is 1. The van der Waals surface area contributed by atoms with Gasteiger partial charge < -0.3 is 0 Å². The number of allylic oxidation sites excluding steroid dienone is 2. The van der Waals surface area contributed by atoms with Crippen molar-refractivity contribution in [1.29, 1.82) is 0 Å². The second-order valence-corrected chi connectivity index (χ2v) is 16.3. The maximum atomic E-state index is 12.8. The van der Waals surface area contributed by atoms with Crippen molar-refractivity contribution in [3.05, 3.63) is 76.3 Å². The van der Waals surface area contributed by atoms with Crippen molar-refractivity contribution in [2.45, 2.75) is 75.8 Å². The summed E-state index contributed by atoms with van der Waals surface area (Å²) in [5.74, 6) is 0.590. The summed E-state index contributed by atoms with van der Waals surface area (Å²) in [5, 5.41) is 1.99. The van der Waals surface area contributed by atoms with Gasteiger partial charge in [0.15, 0.2) is 0 Å². The van der Waals surface area contributed by atoms with Gasteiger partial charge in [-0.15, -0.1) is 0 Å². The minimum atomic E-state index is -1.29. The zero-order chi connectivity index (χ0) is 25.4. The Kier molecular flexibility index (Phi) is 11.0. The van der Waals surface area contributed by atoms with Crippen molar-refractivity contribution < 1.29 is 4.79 Å². The Morgan fingerprint density at radius 1 is 1.03 bits per heavy atom. The van der Waals surface area contributed by atoms with Crippen molar-refractivity contribution in [3.63, 3.8) is 0 Å². The van der Waals surface area contributed by atoms with Gasteiger partial charge >= 0.3 is 223 Å². The molecule has 1 fully saturated rings. The molecule has 2 unspecified atom stereocenters. The van der Waals surface area contributed by atoms with Crippen molar-refractivity contribution in [2.75, 3.05) is 13.1 Å². The first-order valence-electron chi connectivity index (χ1n) is 13.0. The fourth-order valence-electron chi connectivity index (χ4n) is 4.78. The zero-order valence-corrected chi connectivity index (χ0v) is 24.5. The summed E-state index contributed by atoms with van der Waals surface area (Å²) in [7, 11) is 0. The zero-order valence-electron chi connectivity index (χ0n) is 21.8. The molecule has 2 atom stereocenters. The standard InChI is InChI=1S/C30H42AsClN2O/c1-22(2)15-18-31(27-16-19-34(20-17-27)30(35)29(33)21-23(3)4)26-11-7-24(8-12-26)5-6-25-9-13-28(32)14-10-25/h7-15,23,27,29H,5-6,16-21,33H2,1-4H3. The average molecular weight is 557 g/mol. The molecule has 0 bridgehead atoms. The van der Waals surface area contributed by atoms with E-state index in [4.69, 9.17) is 17.3 Å². The van der Waals surface area contributed by atoms with Gasteiger partial charge in [0.2, 0.25) is 0 Å². The number of piperidine rings is 1. The van der Waals surface area contributed by atoms with Crippen LogP contribution in [0.5, 0.6) is 0 Å². The number of nitrogens with two attached hydrogens (primary N) is 1. The number of rotatable bonds is 10. The molecule has 5 heteroatoms. The van der Waals surface area contributed by atoms with Gasteiger partial charge in [0.1, 0.15) is 0 Å². The molecule has 1 aliphatic rings. The molecule has 0 saturated carbocycles. The Morgan fingerprint density at radius 3 is 2.09 bits per heavy atom. The normalized spacial score (nSPS) is 16.3. The van der Waals surface area contributed by atoms with Gasteiger partial charge in [-0.25, -0.2) is 0 Å². The molecule has 3 nitrogen and oxygen atoms in total. The summed E-state index contributed by atoms with van der Waals surface area (Å²) < 4.78 is 2.29. The van der Waals surface area contributed by atoms with Crippen LogP contribution < -0.4 is 10.1 Å². The first-order valence-corrected chi connectivity index (χ1v) is 16.7. The van der Waals surface area contributed by atoms with Gasteiger partial charge in [-0.1, -0.05) is 0 Å². The quantitative estimate of drug-likeness (QED) is 0.281. The van der Waals surface area contributed by atoms with Gasteiger partial charge in [-0.3, -0.25) is 0 Å². The molecule has 2 aromatic carbocycles. The van der Waals surface area contributed by atoms with Crippen LogP contribution in [0.4, 0.5) is 0 Å². The van der Waals surface area contributed by atoms with Crippen LogP contribution in [0.15, 0.2) is 60.2 Å². The third kappa shape index (κ3) is 8.81. The number of likely N-dealkylation sites (tertiary alicyclic amines) is 1. The van der Waals surface area contributed by atoms with Gasteiger partial charge in [0.05, 0.1) is 0 Å². The summed E-state index contributed by atoms with van der Waals surface area (Å²) in [6, 6.07) is 17.3. The number of nitrogens with zero attached hydrogens (tertiary/aromatic N) is 1. The summed E-state index contributed by atoms with van der Waals surface area (Å²) in [4.78, 5) is 14.8. The molecule has 1 aliphatic heterocycles. The van der Waals surface area contributed by atoms with E-state index in [0.717, 1.165) is 54.9 Å². The molecule has 1 saturated heterocycles. The Labute approximate surface area is 222 Å². The van der Waals surface area contributed by atoms with Crippen molar-refractivity contribution in [3.8, 4) is 0 Å². The number of benzene rings is 2. The van der Waals surface area contributed by atoms with Crippen LogP contribution in [0.1, 0.15) is 58.1 Å². The van der Waals surface area contributed by atoms with Gasteiger partial charge in [-0.05, 0) is 0 Å². The Morgan fingerprint density at radius 2 is 1.57 bits per heavy atom. The molecular weight excluding hydrogens is 515 g/mol. The second kappa shape index (κ2) is 13.7. The molecule has 2 aromatic rings. The van der Waals surface area contributed by atoms with E-state index in [-0.39, 0.29) is 11.9 Å². The number of halogens is 1. The number of hydrogen-bond acceptors (Lipinski definition) is 2. The number of carbonyl (C=O) groups excluding carboxylic acids is 1. The first kappa shape index (κ1) is 28.0. The van der Waals surface area contributed by atoms with Crippen molar-refractivity contribution >= 4 is 36.5 Å². The number of amides is 1. The summed E-state index contributed by atoms with van der Waals surface area (Å²) >= 11 is 4.73. The molecule has 1 heterocycles. The summed E-state index contributed by atoms with van der Waals surface area (Å²) in [6.45, 7) is 10.4. The Balaban J connectivity index is 1.63. The third-order valence-corrected chi connectivity index (χ3v) is 13.2. The summed E-state index contributed by atoms with van der Waals surface area (Å²) in [5.41, 5.74) is 10.3. The third-order valence-electron chi connectivity index (χ3n) is 6.84. The first-order chi connectivity index (χ1) is 16.7. The van der Waals surface area contributed by atoms with E-state index in [0.29, 0.717) is 5.92 Å². The van der Waals surface area contributed by atoms with E-state index in [1.807, 2.05) is 17.0 Å². The molecule has 35 heavy (non-hydrogen) atoms. The molecular formula is C30H42AsClN2O. The van der Waals surface area contributed by atoms with E-state index in [9.17, 15) is 4.79 Å². The van der Waals surface area contributed by atoms with E-state index < -0.39 is 14.7 Å². The topological polar surface area (TPSA) is 46.3 Å². The molecule has 1 amide bonds. The van der Waals surface area contributed by atoms with Crippen molar-refractivity contribution in [2.24, 2.45) is 11.7 Å². The van der Waals surface area contributed by atoms with Gasteiger partial charge in [0, 0.05) is 0 Å². The van der Waals surface area contributed by atoms with E-state index >= 15 is 0 Å². The monoisotopic (exact) mass is 556 g/mol. The SMILES string of the molecule is CC(C)=CC[As](c1ccc(CCc2ccc(Cl)cc2)cc1)C1CCN(C(=O)C(N)CC(C)C)CC1. The van der Waals surface area contributed by atoms with Crippen LogP contribution >= 0.6 is 11.6 Å². The maximum absolute atomic E-state index is 12.8. The van der Waals surface area contributed by atoms with E-state index in [2.05, 4.69) is 70.2 Å². The van der Waals surface area contributed by atoms with Crippen molar-refractivity contribution in [1.82, 2.24) is 4.90 Å². The van der Waals surface area contributed by atoms with Crippen LogP contribution in [0.25, 0.3) is 0 Å². The predicted octanol–water partition coefficient (Wildman–Crippen LogP) is 6.16. The molecule has 0 spiro atoms. The average Bonchev–Trinajstić information content (AvgIpc) is 2.84. The van der Waals surface area contributed by atoms with Crippen LogP contribution in [-0.2, 0) is 17.6 Å². The molecule has 0 aliphatic carbocycles. The van der Waals surface area contributed by atoms with Crippen LogP contribution in [0.3, 0.4) is 0 Å². The summed E-state index contributed by atoms with van der Waals surface area (Å²) in [6.07, 6.45) is 7.48. The van der Waals surface area contributed by atoms with E-state index in [1.165, 1.54) is 21.9 Å². The Hall–Kier alpha value is -1.54. The molecule has 2 N–H and O–H groups in total. The van der Waals surface area contributed by atoms with Crippen LogP contribution in [-0.4, -0.2) is 44.6 Å². The second-order valence-electron chi connectivity index (χ2n) is 10.5. The minimum absolute atomic E-state index is 0.144. The molecule has 0 radical (unpaired) electrons. The Bertz CT molecular complexity index is 959. The van der Waals surface area contributed by atoms with Crippen LogP contribution in [0.2, 0.25) is 14.9 Å². The van der Waals surface area contributed by atoms with Crippen LogP contribution in [0, 0.1) is 5.92 Å². The molecule has 190 valence electrons. The van der Waals surface area contributed by atoms with Gasteiger partial charge in [0.25, 0.3) is 0 Å². The number of aryl methyl sites for hydroxylation is 2. The fraction of sp³-hybridized carbons (Fsp3) is 0.500. The van der Waals surface area contributed by atoms with Gasteiger partial charge in [-0.2, -0.15) is 0 Å².